The average molecular weight is 530 g/mol. The number of hydrogen-bond donors (Lipinski definition) is 2. The molecule has 2 amide bonds. The van der Waals surface area contributed by atoms with Gasteiger partial charge >= 0.3 is 0 Å². The molecule has 0 bridgehead atoms. The molecule has 0 unspecified atom stereocenters. The van der Waals surface area contributed by atoms with Crippen molar-refractivity contribution in [3.8, 4) is 0 Å². The largest absolute Gasteiger partial charge is 0.341 e. The highest BCUT2D eigenvalue weighted by Gasteiger charge is 2.12. The Hall–Kier alpha value is -4.55. The number of rotatable bonds is 7. The minimum absolute atomic E-state index is 0.0795. The zero-order valence-corrected chi connectivity index (χ0v) is 22.3. The lowest BCUT2D eigenvalue weighted by Crippen LogP contribution is -2.14. The smallest absolute Gasteiger partial charge is 0.255 e. The highest BCUT2D eigenvalue weighted by molar-refractivity contribution is 8.00. The Kier molecular flexibility index (Phi) is 6.78. The number of para-hydroxylation sites is 1. The van der Waals surface area contributed by atoms with E-state index in [2.05, 4.69) is 52.5 Å². The Morgan fingerprint density at radius 3 is 2.33 bits per heavy atom. The number of thioether (sulfide) groups is 1. The molecule has 0 radical (unpaired) electrons. The predicted molar refractivity (Wildman–Crippen MR) is 163 cm³/mol. The van der Waals surface area contributed by atoms with E-state index < -0.39 is 0 Å². The van der Waals surface area contributed by atoms with Crippen LogP contribution in [0.3, 0.4) is 0 Å². The normalized spacial score (nSPS) is 11.2. The Morgan fingerprint density at radius 1 is 0.692 bits per heavy atom. The molecule has 1 heterocycles. The van der Waals surface area contributed by atoms with Gasteiger partial charge in [0.25, 0.3) is 5.91 Å². The third kappa shape index (κ3) is 5.11. The molecule has 0 aliphatic rings. The second-order valence-corrected chi connectivity index (χ2v) is 10.4. The summed E-state index contributed by atoms with van der Waals surface area (Å²) in [6, 6.07) is 35.6. The number of amides is 2. The third-order valence-corrected chi connectivity index (χ3v) is 7.84. The van der Waals surface area contributed by atoms with E-state index >= 15 is 0 Å². The van der Waals surface area contributed by atoms with Crippen molar-refractivity contribution in [3.05, 3.63) is 115 Å². The Labute approximate surface area is 230 Å². The third-order valence-electron chi connectivity index (χ3n) is 6.85. The number of hydrogen-bond acceptors (Lipinski definition) is 3. The molecule has 0 spiro atoms. The summed E-state index contributed by atoms with van der Waals surface area (Å²) in [5, 5.41) is 10.4. The maximum atomic E-state index is 12.9. The van der Waals surface area contributed by atoms with Crippen molar-refractivity contribution < 1.29 is 9.59 Å². The number of aromatic nitrogens is 1. The number of nitrogens with one attached hydrogen (secondary N) is 2. The summed E-state index contributed by atoms with van der Waals surface area (Å²) in [7, 11) is 0. The van der Waals surface area contributed by atoms with Gasteiger partial charge in [0.15, 0.2) is 0 Å². The highest BCUT2D eigenvalue weighted by atomic mass is 32.2. The molecule has 0 aliphatic heterocycles. The molecule has 2 N–H and O–H groups in total. The van der Waals surface area contributed by atoms with E-state index in [9.17, 15) is 9.59 Å². The molecule has 6 rings (SSSR count). The first-order valence-electron chi connectivity index (χ1n) is 12.9. The van der Waals surface area contributed by atoms with Crippen LogP contribution in [0.5, 0.6) is 0 Å². The van der Waals surface area contributed by atoms with Crippen molar-refractivity contribution in [2.45, 2.75) is 18.4 Å². The van der Waals surface area contributed by atoms with Crippen LogP contribution in [0.1, 0.15) is 17.3 Å². The number of anilines is 2. The van der Waals surface area contributed by atoms with Crippen LogP contribution in [-0.2, 0) is 11.3 Å². The van der Waals surface area contributed by atoms with Crippen molar-refractivity contribution in [2.75, 3.05) is 16.4 Å². The first kappa shape index (κ1) is 24.8. The summed E-state index contributed by atoms with van der Waals surface area (Å²) >= 11 is 1.43. The van der Waals surface area contributed by atoms with Crippen LogP contribution >= 0.6 is 11.8 Å². The summed E-state index contributed by atoms with van der Waals surface area (Å²) in [4.78, 5) is 26.6. The minimum atomic E-state index is -0.166. The zero-order chi connectivity index (χ0) is 26.8. The molecule has 6 heteroatoms. The molecule has 0 atom stereocenters. The van der Waals surface area contributed by atoms with Crippen LogP contribution in [-0.4, -0.2) is 22.1 Å². The molecule has 5 nitrogen and oxygen atoms in total. The van der Waals surface area contributed by atoms with Crippen LogP contribution in [0, 0.1) is 0 Å². The molecule has 5 aromatic carbocycles. The Bertz CT molecular complexity index is 1860. The number of fused-ring (bicyclic) bond motifs is 4. The van der Waals surface area contributed by atoms with Crippen molar-refractivity contribution in [1.82, 2.24) is 4.57 Å². The fourth-order valence-corrected chi connectivity index (χ4v) is 5.77. The minimum Gasteiger partial charge on any atom is -0.341 e. The topological polar surface area (TPSA) is 63.1 Å². The van der Waals surface area contributed by atoms with E-state index in [1.54, 1.807) is 0 Å². The molecule has 0 fully saturated rings. The van der Waals surface area contributed by atoms with Gasteiger partial charge in [-0.15, -0.1) is 11.8 Å². The Balaban J connectivity index is 1.11. The number of benzene rings is 5. The number of carbonyl (C=O) groups excluding carboxylic acids is 2. The van der Waals surface area contributed by atoms with E-state index in [-0.39, 0.29) is 17.6 Å². The summed E-state index contributed by atoms with van der Waals surface area (Å²) in [5.74, 6) is 0.0151. The van der Waals surface area contributed by atoms with E-state index in [0.29, 0.717) is 11.3 Å². The molecule has 192 valence electrons. The molecule has 6 aromatic rings. The molecule has 1 aromatic heterocycles. The fourth-order valence-electron chi connectivity index (χ4n) is 5.02. The molecule has 0 saturated heterocycles. The first-order chi connectivity index (χ1) is 19.1. The maximum Gasteiger partial charge on any atom is 0.255 e. The molecule has 39 heavy (non-hydrogen) atoms. The lowest BCUT2D eigenvalue weighted by atomic mass is 10.1. The number of carbonyl (C=O) groups is 2. The van der Waals surface area contributed by atoms with Gasteiger partial charge in [0, 0.05) is 50.2 Å². The van der Waals surface area contributed by atoms with Crippen molar-refractivity contribution in [1.29, 1.82) is 0 Å². The van der Waals surface area contributed by atoms with E-state index in [1.165, 1.54) is 22.7 Å². The second-order valence-electron chi connectivity index (χ2n) is 9.37. The van der Waals surface area contributed by atoms with Gasteiger partial charge in [-0.05, 0) is 72.3 Å². The van der Waals surface area contributed by atoms with Gasteiger partial charge < -0.3 is 15.2 Å². The van der Waals surface area contributed by atoms with Crippen molar-refractivity contribution >= 4 is 67.5 Å². The van der Waals surface area contributed by atoms with Gasteiger partial charge in [0.2, 0.25) is 5.91 Å². The second kappa shape index (κ2) is 10.7. The highest BCUT2D eigenvalue weighted by Crippen LogP contribution is 2.31. The first-order valence-corrected chi connectivity index (χ1v) is 13.9. The average Bonchev–Trinajstić information content (AvgIpc) is 3.29. The zero-order valence-electron chi connectivity index (χ0n) is 21.5. The summed E-state index contributed by atoms with van der Waals surface area (Å²) in [6.07, 6.45) is 0. The van der Waals surface area contributed by atoms with Crippen LogP contribution < -0.4 is 10.6 Å². The van der Waals surface area contributed by atoms with Gasteiger partial charge in [0.1, 0.15) is 0 Å². The van der Waals surface area contributed by atoms with Crippen LogP contribution in [0.4, 0.5) is 11.4 Å². The number of nitrogens with zero attached hydrogens (tertiary/aromatic N) is 1. The summed E-state index contributed by atoms with van der Waals surface area (Å²) in [6.45, 7) is 3.02. The quantitative estimate of drug-likeness (QED) is 0.206. The standard InChI is InChI=1S/C33H27N3O2S/c1-2-36-30-13-6-5-12-28(30)29-20-26(16-17-31(29)36)34-32(37)21-39-27-11-7-10-25(19-27)35-33(38)24-15-14-22-8-3-4-9-23(22)18-24/h3-20H,2,21H2,1H3,(H,34,37)(H,35,38). The van der Waals surface area contributed by atoms with Gasteiger partial charge in [0.05, 0.1) is 5.75 Å². The van der Waals surface area contributed by atoms with E-state index in [0.717, 1.165) is 38.8 Å². The fraction of sp³-hybridized carbons (Fsp3) is 0.0909. The lowest BCUT2D eigenvalue weighted by Gasteiger charge is -2.09. The maximum absolute atomic E-state index is 12.9. The monoisotopic (exact) mass is 529 g/mol. The predicted octanol–water partition coefficient (Wildman–Crippen LogP) is 7.95. The Morgan fingerprint density at radius 2 is 1.46 bits per heavy atom. The van der Waals surface area contributed by atoms with Crippen molar-refractivity contribution in [2.24, 2.45) is 0 Å². The number of aryl methyl sites for hydroxylation is 1. The lowest BCUT2D eigenvalue weighted by molar-refractivity contribution is -0.113. The van der Waals surface area contributed by atoms with Crippen LogP contribution in [0.15, 0.2) is 114 Å². The van der Waals surface area contributed by atoms with E-state index in [4.69, 9.17) is 0 Å². The molecular weight excluding hydrogens is 502 g/mol. The van der Waals surface area contributed by atoms with E-state index in [1.807, 2.05) is 78.9 Å². The van der Waals surface area contributed by atoms with Gasteiger partial charge in [-0.2, -0.15) is 0 Å². The SMILES string of the molecule is CCn1c2ccccc2c2cc(NC(=O)CSc3cccc(NC(=O)c4ccc5ccccc5c4)c3)ccc21. The summed E-state index contributed by atoms with van der Waals surface area (Å²) < 4.78 is 2.29. The molecular formula is C33H27N3O2S. The van der Waals surface area contributed by atoms with Crippen LogP contribution in [0.2, 0.25) is 0 Å². The van der Waals surface area contributed by atoms with Gasteiger partial charge in [-0.1, -0.05) is 54.6 Å². The molecule has 0 aliphatic carbocycles. The summed E-state index contributed by atoms with van der Waals surface area (Å²) in [5.41, 5.74) is 4.43. The van der Waals surface area contributed by atoms with Crippen LogP contribution in [0.25, 0.3) is 32.6 Å². The molecule has 0 saturated carbocycles. The van der Waals surface area contributed by atoms with Crippen molar-refractivity contribution in [3.63, 3.8) is 0 Å². The van der Waals surface area contributed by atoms with Gasteiger partial charge in [-0.3, -0.25) is 9.59 Å². The van der Waals surface area contributed by atoms with Gasteiger partial charge in [-0.25, -0.2) is 0 Å².